The first-order chi connectivity index (χ1) is 11.0. The van der Waals surface area contributed by atoms with Gasteiger partial charge in [0.05, 0.1) is 17.2 Å². The highest BCUT2D eigenvalue weighted by molar-refractivity contribution is 7.09. The number of thiazole rings is 1. The predicted octanol–water partition coefficient (Wildman–Crippen LogP) is 3.66. The number of imide groups is 1. The second-order valence-electron chi connectivity index (χ2n) is 7.07. The molecule has 1 aliphatic carbocycles. The van der Waals surface area contributed by atoms with E-state index in [1.807, 2.05) is 5.38 Å². The number of rotatable bonds is 5. The van der Waals surface area contributed by atoms with Gasteiger partial charge in [0.15, 0.2) is 0 Å². The molecule has 1 aromatic heterocycles. The van der Waals surface area contributed by atoms with Crippen molar-refractivity contribution in [2.75, 3.05) is 0 Å². The van der Waals surface area contributed by atoms with E-state index >= 15 is 0 Å². The normalized spacial score (nSPS) is 22.9. The maximum absolute atomic E-state index is 12.4. The minimum atomic E-state index is -0.376. The SMILES string of the molecule is CC(C)CC1NC(=O)N(Cc2csc(C3CCCCC3)n2)C1=O. The number of nitrogens with one attached hydrogen (secondary N) is 1. The number of urea groups is 1. The summed E-state index contributed by atoms with van der Waals surface area (Å²) in [5.41, 5.74) is 0.837. The molecule has 1 aliphatic heterocycles. The minimum absolute atomic E-state index is 0.115. The van der Waals surface area contributed by atoms with E-state index in [1.54, 1.807) is 11.3 Å². The third-order valence-electron chi connectivity index (χ3n) is 4.66. The summed E-state index contributed by atoms with van der Waals surface area (Å²) in [6.45, 7) is 4.40. The van der Waals surface area contributed by atoms with Gasteiger partial charge in [-0.2, -0.15) is 0 Å². The van der Waals surface area contributed by atoms with Gasteiger partial charge < -0.3 is 5.32 Å². The fourth-order valence-corrected chi connectivity index (χ4v) is 4.43. The number of amides is 3. The van der Waals surface area contributed by atoms with Gasteiger partial charge >= 0.3 is 6.03 Å². The molecule has 2 fully saturated rings. The Labute approximate surface area is 141 Å². The molecular formula is C17H25N3O2S. The third kappa shape index (κ3) is 3.74. The maximum Gasteiger partial charge on any atom is 0.325 e. The van der Waals surface area contributed by atoms with Crippen LogP contribution in [0.15, 0.2) is 5.38 Å². The summed E-state index contributed by atoms with van der Waals surface area (Å²) < 4.78 is 0. The van der Waals surface area contributed by atoms with Crippen molar-refractivity contribution in [3.05, 3.63) is 16.1 Å². The molecule has 23 heavy (non-hydrogen) atoms. The van der Waals surface area contributed by atoms with Crippen LogP contribution < -0.4 is 5.32 Å². The van der Waals surface area contributed by atoms with Crippen LogP contribution >= 0.6 is 11.3 Å². The van der Waals surface area contributed by atoms with E-state index in [9.17, 15) is 9.59 Å². The fourth-order valence-electron chi connectivity index (χ4n) is 3.45. The summed E-state index contributed by atoms with van der Waals surface area (Å²) in [7, 11) is 0. The van der Waals surface area contributed by atoms with Crippen molar-refractivity contribution in [3.8, 4) is 0 Å². The number of hydrogen-bond acceptors (Lipinski definition) is 4. The Balaban J connectivity index is 1.64. The molecule has 1 aromatic rings. The molecule has 0 spiro atoms. The molecule has 1 atom stereocenters. The fraction of sp³-hybridized carbons (Fsp3) is 0.706. The molecule has 1 unspecified atom stereocenters. The zero-order chi connectivity index (χ0) is 16.4. The average molecular weight is 335 g/mol. The zero-order valence-electron chi connectivity index (χ0n) is 13.9. The van der Waals surface area contributed by atoms with Crippen molar-refractivity contribution in [1.29, 1.82) is 0 Å². The smallest absolute Gasteiger partial charge is 0.325 e. The van der Waals surface area contributed by atoms with Gasteiger partial charge in [0, 0.05) is 11.3 Å². The number of hydrogen-bond donors (Lipinski definition) is 1. The molecule has 3 rings (SSSR count). The summed E-state index contributed by atoms with van der Waals surface area (Å²) >= 11 is 1.67. The van der Waals surface area contributed by atoms with Crippen LogP contribution in [0, 0.1) is 5.92 Å². The molecule has 3 amide bonds. The highest BCUT2D eigenvalue weighted by Crippen LogP contribution is 2.34. The molecule has 0 aromatic carbocycles. The van der Waals surface area contributed by atoms with Crippen LogP contribution in [0.2, 0.25) is 0 Å². The zero-order valence-corrected chi connectivity index (χ0v) is 14.7. The standard InChI is InChI=1S/C17H25N3O2S/c1-11(2)8-14-16(21)20(17(22)19-14)9-13-10-23-15(18-13)12-6-4-3-5-7-12/h10-12,14H,3-9H2,1-2H3,(H,19,22). The summed E-state index contributed by atoms with van der Waals surface area (Å²) in [5, 5.41) is 5.96. The van der Waals surface area contributed by atoms with Gasteiger partial charge in [-0.1, -0.05) is 33.1 Å². The lowest BCUT2D eigenvalue weighted by atomic mass is 9.90. The molecular weight excluding hydrogens is 310 g/mol. The van der Waals surface area contributed by atoms with Crippen LogP contribution in [0.1, 0.15) is 69.0 Å². The van der Waals surface area contributed by atoms with Crippen LogP contribution in [-0.4, -0.2) is 27.9 Å². The average Bonchev–Trinajstić information content (AvgIpc) is 3.09. The molecule has 2 aliphatic rings. The minimum Gasteiger partial charge on any atom is -0.326 e. The first-order valence-electron chi connectivity index (χ1n) is 8.60. The first kappa shape index (κ1) is 16.4. The summed E-state index contributed by atoms with van der Waals surface area (Å²) in [6.07, 6.45) is 7.01. The number of carbonyl (C=O) groups is 2. The van der Waals surface area contributed by atoms with E-state index in [2.05, 4.69) is 19.2 Å². The molecule has 0 radical (unpaired) electrons. The summed E-state index contributed by atoms with van der Waals surface area (Å²) in [6, 6.07) is -0.660. The molecule has 6 heteroatoms. The van der Waals surface area contributed by atoms with E-state index < -0.39 is 0 Å². The van der Waals surface area contributed by atoms with E-state index in [0.29, 0.717) is 24.8 Å². The van der Waals surface area contributed by atoms with Crippen molar-refractivity contribution in [2.24, 2.45) is 5.92 Å². The quantitative estimate of drug-likeness (QED) is 0.835. The molecule has 1 saturated heterocycles. The van der Waals surface area contributed by atoms with Gasteiger partial charge in [0.2, 0.25) is 0 Å². The van der Waals surface area contributed by atoms with E-state index in [-0.39, 0.29) is 18.0 Å². The first-order valence-corrected chi connectivity index (χ1v) is 9.48. The largest absolute Gasteiger partial charge is 0.326 e. The lowest BCUT2D eigenvalue weighted by Crippen LogP contribution is -2.31. The molecule has 126 valence electrons. The Morgan fingerprint density at radius 3 is 2.74 bits per heavy atom. The van der Waals surface area contributed by atoms with E-state index in [1.165, 1.54) is 42.0 Å². The molecule has 0 bridgehead atoms. The second-order valence-corrected chi connectivity index (χ2v) is 7.96. The predicted molar refractivity (Wildman–Crippen MR) is 90.3 cm³/mol. The third-order valence-corrected chi connectivity index (χ3v) is 5.71. The Morgan fingerprint density at radius 1 is 1.30 bits per heavy atom. The van der Waals surface area contributed by atoms with Crippen molar-refractivity contribution < 1.29 is 9.59 Å². The van der Waals surface area contributed by atoms with Gasteiger partial charge in [0.25, 0.3) is 5.91 Å². The van der Waals surface area contributed by atoms with Crippen LogP contribution in [-0.2, 0) is 11.3 Å². The summed E-state index contributed by atoms with van der Waals surface area (Å²) in [5.74, 6) is 0.830. The van der Waals surface area contributed by atoms with Crippen LogP contribution in [0.25, 0.3) is 0 Å². The van der Waals surface area contributed by atoms with Gasteiger partial charge in [-0.25, -0.2) is 9.78 Å². The Kier molecular flexibility index (Phi) is 4.99. The maximum atomic E-state index is 12.4. The van der Waals surface area contributed by atoms with E-state index in [4.69, 9.17) is 4.98 Å². The number of nitrogens with zero attached hydrogens (tertiary/aromatic N) is 2. The molecule has 5 nitrogen and oxygen atoms in total. The van der Waals surface area contributed by atoms with E-state index in [0.717, 1.165) is 5.69 Å². The molecule has 2 heterocycles. The molecule has 1 N–H and O–H groups in total. The van der Waals surface area contributed by atoms with Crippen molar-refractivity contribution >= 4 is 23.3 Å². The molecule has 1 saturated carbocycles. The lowest BCUT2D eigenvalue weighted by molar-refractivity contribution is -0.128. The lowest BCUT2D eigenvalue weighted by Gasteiger charge is -2.19. The van der Waals surface area contributed by atoms with Crippen molar-refractivity contribution in [1.82, 2.24) is 15.2 Å². The van der Waals surface area contributed by atoms with Crippen molar-refractivity contribution in [2.45, 2.75) is 70.9 Å². The van der Waals surface area contributed by atoms with Crippen LogP contribution in [0.4, 0.5) is 4.79 Å². The van der Waals surface area contributed by atoms with Crippen LogP contribution in [0.3, 0.4) is 0 Å². The Hall–Kier alpha value is -1.43. The number of carbonyl (C=O) groups excluding carboxylic acids is 2. The number of aromatic nitrogens is 1. The second kappa shape index (κ2) is 6.99. The topological polar surface area (TPSA) is 62.3 Å². The van der Waals surface area contributed by atoms with Gasteiger partial charge in [-0.05, 0) is 25.2 Å². The van der Waals surface area contributed by atoms with Crippen molar-refractivity contribution in [3.63, 3.8) is 0 Å². The van der Waals surface area contributed by atoms with Gasteiger partial charge in [-0.3, -0.25) is 9.69 Å². The Bertz CT molecular complexity index is 578. The van der Waals surface area contributed by atoms with Gasteiger partial charge in [-0.15, -0.1) is 11.3 Å². The highest BCUT2D eigenvalue weighted by Gasteiger charge is 2.38. The van der Waals surface area contributed by atoms with Gasteiger partial charge in [0.1, 0.15) is 6.04 Å². The monoisotopic (exact) mass is 335 g/mol. The van der Waals surface area contributed by atoms with Crippen LogP contribution in [0.5, 0.6) is 0 Å². The summed E-state index contributed by atoms with van der Waals surface area (Å²) in [4.78, 5) is 30.5. The highest BCUT2D eigenvalue weighted by atomic mass is 32.1. The Morgan fingerprint density at radius 2 is 2.04 bits per heavy atom.